The van der Waals surface area contributed by atoms with Gasteiger partial charge in [0.1, 0.15) is 0 Å². The second kappa shape index (κ2) is 7.46. The van der Waals surface area contributed by atoms with E-state index in [1.165, 1.54) is 0 Å². The third-order valence-corrected chi connectivity index (χ3v) is 3.11. The van der Waals surface area contributed by atoms with Crippen molar-refractivity contribution >= 4 is 11.8 Å². The number of hydrogen-bond acceptors (Lipinski definition) is 4. The van der Waals surface area contributed by atoms with Gasteiger partial charge in [-0.05, 0) is 25.8 Å². The first-order valence-corrected chi connectivity index (χ1v) is 6.68. The lowest BCUT2D eigenvalue weighted by Crippen LogP contribution is -2.10. The van der Waals surface area contributed by atoms with E-state index in [4.69, 9.17) is 5.73 Å². The van der Waals surface area contributed by atoms with Crippen molar-refractivity contribution in [2.45, 2.75) is 37.8 Å². The molecule has 0 aliphatic heterocycles. The van der Waals surface area contributed by atoms with Gasteiger partial charge in [-0.25, -0.2) is 4.98 Å². The lowest BCUT2D eigenvalue weighted by molar-refractivity contribution is 0.751. The SMILES string of the molecule is CCCCc1cc(=O)[nH]c(SCCCN)n1. The molecule has 0 atom stereocenters. The maximum absolute atomic E-state index is 11.4. The van der Waals surface area contributed by atoms with E-state index >= 15 is 0 Å². The van der Waals surface area contributed by atoms with E-state index in [1.807, 2.05) is 0 Å². The molecule has 1 aromatic rings. The maximum atomic E-state index is 11.4. The van der Waals surface area contributed by atoms with Gasteiger partial charge < -0.3 is 10.7 Å². The molecule has 0 amide bonds. The molecule has 1 rings (SSSR count). The zero-order chi connectivity index (χ0) is 11.8. The Hall–Kier alpha value is -0.810. The van der Waals surface area contributed by atoms with Crippen LogP contribution in [0.15, 0.2) is 16.0 Å². The van der Waals surface area contributed by atoms with Gasteiger partial charge in [0, 0.05) is 17.5 Å². The molecular weight excluding hydrogens is 222 g/mol. The topological polar surface area (TPSA) is 71.8 Å². The van der Waals surface area contributed by atoms with Gasteiger partial charge in [-0.15, -0.1) is 0 Å². The Morgan fingerprint density at radius 2 is 2.31 bits per heavy atom. The van der Waals surface area contributed by atoms with Gasteiger partial charge in [0.15, 0.2) is 5.16 Å². The van der Waals surface area contributed by atoms with Crippen molar-refractivity contribution in [2.75, 3.05) is 12.3 Å². The van der Waals surface area contributed by atoms with Gasteiger partial charge in [0.25, 0.3) is 5.56 Å². The molecule has 5 heteroatoms. The van der Waals surface area contributed by atoms with Gasteiger partial charge in [-0.1, -0.05) is 25.1 Å². The number of nitrogens with one attached hydrogen (secondary N) is 1. The number of thioether (sulfide) groups is 1. The first kappa shape index (κ1) is 13.3. The third kappa shape index (κ3) is 4.81. The van der Waals surface area contributed by atoms with Crippen LogP contribution < -0.4 is 11.3 Å². The summed E-state index contributed by atoms with van der Waals surface area (Å²) < 4.78 is 0. The average molecular weight is 241 g/mol. The van der Waals surface area contributed by atoms with Crippen molar-refractivity contribution in [1.29, 1.82) is 0 Å². The molecule has 1 heterocycles. The molecule has 4 nitrogen and oxygen atoms in total. The summed E-state index contributed by atoms with van der Waals surface area (Å²) in [5.41, 5.74) is 6.24. The molecule has 0 spiro atoms. The quantitative estimate of drug-likeness (QED) is 0.431. The van der Waals surface area contributed by atoms with Crippen LogP contribution in [0.5, 0.6) is 0 Å². The number of H-pyrrole nitrogens is 1. The standard InChI is InChI=1S/C11H19N3OS/c1-2-3-5-9-8-10(15)14-11(13-9)16-7-4-6-12/h8H,2-7,12H2,1H3,(H,13,14,15). The number of nitrogens with two attached hydrogens (primary N) is 1. The smallest absolute Gasteiger partial charge is 0.251 e. The van der Waals surface area contributed by atoms with E-state index in [2.05, 4.69) is 16.9 Å². The number of aromatic nitrogens is 2. The van der Waals surface area contributed by atoms with Crippen LogP contribution in [-0.2, 0) is 6.42 Å². The molecule has 1 aromatic heterocycles. The number of hydrogen-bond donors (Lipinski definition) is 2. The van der Waals surface area contributed by atoms with Crippen LogP contribution in [0.1, 0.15) is 31.9 Å². The summed E-state index contributed by atoms with van der Waals surface area (Å²) in [6.07, 6.45) is 4.01. The molecule has 16 heavy (non-hydrogen) atoms. The lowest BCUT2D eigenvalue weighted by Gasteiger charge is -2.03. The van der Waals surface area contributed by atoms with Crippen LogP contribution in [0, 0.1) is 0 Å². The highest BCUT2D eigenvalue weighted by atomic mass is 32.2. The van der Waals surface area contributed by atoms with E-state index in [0.717, 1.165) is 37.1 Å². The van der Waals surface area contributed by atoms with Crippen LogP contribution in [0.2, 0.25) is 0 Å². The first-order chi connectivity index (χ1) is 7.76. The first-order valence-electron chi connectivity index (χ1n) is 5.69. The molecule has 3 N–H and O–H groups in total. The minimum absolute atomic E-state index is 0.0589. The number of rotatable bonds is 7. The number of aromatic amines is 1. The van der Waals surface area contributed by atoms with E-state index < -0.39 is 0 Å². The highest BCUT2D eigenvalue weighted by Gasteiger charge is 2.01. The molecule has 0 aromatic carbocycles. The van der Waals surface area contributed by atoms with Crippen LogP contribution >= 0.6 is 11.8 Å². The largest absolute Gasteiger partial charge is 0.330 e. The minimum Gasteiger partial charge on any atom is -0.330 e. The van der Waals surface area contributed by atoms with Crippen LogP contribution in [0.4, 0.5) is 0 Å². The summed E-state index contributed by atoms with van der Waals surface area (Å²) in [5.74, 6) is 0.899. The number of unbranched alkanes of at least 4 members (excludes halogenated alkanes) is 1. The molecule has 0 aliphatic rings. The van der Waals surface area contributed by atoms with Gasteiger partial charge in [0.05, 0.1) is 0 Å². The number of aryl methyl sites for hydroxylation is 1. The lowest BCUT2D eigenvalue weighted by atomic mass is 10.2. The summed E-state index contributed by atoms with van der Waals surface area (Å²) in [4.78, 5) is 18.5. The predicted octanol–water partition coefficient (Wildman–Crippen LogP) is 1.55. The summed E-state index contributed by atoms with van der Waals surface area (Å²) in [5, 5.41) is 0.715. The molecule has 0 aliphatic carbocycles. The zero-order valence-corrected chi connectivity index (χ0v) is 10.5. The second-order valence-electron chi connectivity index (χ2n) is 3.64. The fraction of sp³-hybridized carbons (Fsp3) is 0.636. The van der Waals surface area contributed by atoms with Gasteiger partial charge in [-0.3, -0.25) is 4.79 Å². The van der Waals surface area contributed by atoms with E-state index in [0.29, 0.717) is 11.7 Å². The van der Waals surface area contributed by atoms with Crippen molar-refractivity contribution in [3.05, 3.63) is 22.1 Å². The Kier molecular flexibility index (Phi) is 6.18. The van der Waals surface area contributed by atoms with Crippen LogP contribution in [-0.4, -0.2) is 22.3 Å². The van der Waals surface area contributed by atoms with Crippen molar-refractivity contribution in [2.24, 2.45) is 5.73 Å². The van der Waals surface area contributed by atoms with E-state index in [9.17, 15) is 4.79 Å². The summed E-state index contributed by atoms with van der Waals surface area (Å²) in [6.45, 7) is 2.80. The van der Waals surface area contributed by atoms with Crippen molar-refractivity contribution in [3.63, 3.8) is 0 Å². The second-order valence-corrected chi connectivity index (χ2v) is 4.72. The Morgan fingerprint density at radius 1 is 1.50 bits per heavy atom. The van der Waals surface area contributed by atoms with Crippen LogP contribution in [0.3, 0.4) is 0 Å². The third-order valence-electron chi connectivity index (χ3n) is 2.15. The van der Waals surface area contributed by atoms with Gasteiger partial charge in [0.2, 0.25) is 0 Å². The highest BCUT2D eigenvalue weighted by molar-refractivity contribution is 7.99. The van der Waals surface area contributed by atoms with Gasteiger partial charge in [-0.2, -0.15) is 0 Å². The molecule has 0 bridgehead atoms. The number of nitrogens with zero attached hydrogens (tertiary/aromatic N) is 1. The fourth-order valence-corrected chi connectivity index (χ4v) is 2.15. The minimum atomic E-state index is -0.0589. The molecule has 0 unspecified atom stereocenters. The summed E-state index contributed by atoms with van der Waals surface area (Å²) in [7, 11) is 0. The Balaban J connectivity index is 2.62. The van der Waals surface area contributed by atoms with Gasteiger partial charge >= 0.3 is 0 Å². The Morgan fingerprint density at radius 3 is 3.00 bits per heavy atom. The highest BCUT2D eigenvalue weighted by Crippen LogP contribution is 2.12. The Bertz CT molecular complexity index is 364. The molecule has 0 radical (unpaired) electrons. The van der Waals surface area contributed by atoms with Crippen LogP contribution in [0.25, 0.3) is 0 Å². The maximum Gasteiger partial charge on any atom is 0.251 e. The van der Waals surface area contributed by atoms with Crippen molar-refractivity contribution < 1.29 is 0 Å². The monoisotopic (exact) mass is 241 g/mol. The van der Waals surface area contributed by atoms with Crippen molar-refractivity contribution in [3.8, 4) is 0 Å². The molecular formula is C11H19N3OS. The van der Waals surface area contributed by atoms with E-state index in [-0.39, 0.29) is 5.56 Å². The predicted molar refractivity (Wildman–Crippen MR) is 67.9 cm³/mol. The summed E-state index contributed by atoms with van der Waals surface area (Å²) in [6, 6.07) is 1.59. The molecule has 0 fully saturated rings. The normalized spacial score (nSPS) is 10.6. The summed E-state index contributed by atoms with van der Waals surface area (Å²) >= 11 is 1.56. The fourth-order valence-electron chi connectivity index (χ4n) is 1.29. The average Bonchev–Trinajstić information content (AvgIpc) is 2.26. The van der Waals surface area contributed by atoms with Crippen molar-refractivity contribution in [1.82, 2.24) is 9.97 Å². The zero-order valence-electron chi connectivity index (χ0n) is 9.66. The molecule has 0 saturated heterocycles. The van der Waals surface area contributed by atoms with E-state index in [1.54, 1.807) is 17.8 Å². The molecule has 0 saturated carbocycles. The molecule has 90 valence electrons. The Labute approximate surface area is 100 Å².